The lowest BCUT2D eigenvalue weighted by atomic mass is 10.0. The zero-order valence-corrected chi connectivity index (χ0v) is 14.2. The second-order valence-corrected chi connectivity index (χ2v) is 8.74. The standard InChI is InChI=1S/C17H21N3O3S/c21-24(22)12-16-17(13-24)20(11-15-2-1-9-23-15)8-7-19(16)10-14-3-5-18-6-4-14/h1-6,9,16-17H,7-8,10-13H2. The van der Waals surface area contributed by atoms with Gasteiger partial charge in [0.05, 0.1) is 24.3 Å². The fraction of sp³-hybridized carbons (Fsp3) is 0.471. The molecule has 4 heterocycles. The van der Waals surface area contributed by atoms with Crippen molar-refractivity contribution in [3.05, 3.63) is 54.2 Å². The Morgan fingerprint density at radius 2 is 1.71 bits per heavy atom. The van der Waals surface area contributed by atoms with Gasteiger partial charge in [0.2, 0.25) is 0 Å². The van der Waals surface area contributed by atoms with Gasteiger partial charge in [0.25, 0.3) is 0 Å². The molecule has 0 saturated carbocycles. The Bertz CT molecular complexity index is 777. The molecule has 0 radical (unpaired) electrons. The highest BCUT2D eigenvalue weighted by Crippen LogP contribution is 2.29. The van der Waals surface area contributed by atoms with Crippen molar-refractivity contribution in [1.29, 1.82) is 0 Å². The number of nitrogens with zero attached hydrogens (tertiary/aromatic N) is 3. The summed E-state index contributed by atoms with van der Waals surface area (Å²) in [6.07, 6.45) is 5.23. The summed E-state index contributed by atoms with van der Waals surface area (Å²) in [6, 6.07) is 7.89. The monoisotopic (exact) mass is 347 g/mol. The molecule has 2 aromatic rings. The Morgan fingerprint density at radius 1 is 1.04 bits per heavy atom. The van der Waals surface area contributed by atoms with E-state index in [1.807, 2.05) is 24.3 Å². The summed E-state index contributed by atoms with van der Waals surface area (Å²) in [5, 5.41) is 0. The second kappa shape index (κ2) is 6.31. The van der Waals surface area contributed by atoms with Crippen LogP contribution in [0.4, 0.5) is 0 Å². The normalized spacial score (nSPS) is 27.2. The number of sulfone groups is 1. The van der Waals surface area contributed by atoms with Gasteiger partial charge in [-0.25, -0.2) is 8.42 Å². The van der Waals surface area contributed by atoms with Gasteiger partial charge in [-0.05, 0) is 29.8 Å². The summed E-state index contributed by atoms with van der Waals surface area (Å²) in [6.45, 7) is 3.16. The Morgan fingerprint density at radius 3 is 2.33 bits per heavy atom. The lowest BCUT2D eigenvalue weighted by Crippen LogP contribution is -2.58. The number of piperazine rings is 1. The molecule has 2 saturated heterocycles. The molecule has 128 valence electrons. The number of furan rings is 1. The van der Waals surface area contributed by atoms with Crippen LogP contribution in [0.3, 0.4) is 0 Å². The van der Waals surface area contributed by atoms with Crippen LogP contribution in [0.1, 0.15) is 11.3 Å². The van der Waals surface area contributed by atoms with Crippen molar-refractivity contribution < 1.29 is 12.8 Å². The maximum atomic E-state index is 12.3. The van der Waals surface area contributed by atoms with Gasteiger partial charge in [0.15, 0.2) is 9.84 Å². The average Bonchev–Trinajstić information content (AvgIpc) is 3.17. The van der Waals surface area contributed by atoms with Crippen LogP contribution < -0.4 is 0 Å². The molecule has 2 unspecified atom stereocenters. The summed E-state index contributed by atoms with van der Waals surface area (Å²) >= 11 is 0. The Labute approximate surface area is 142 Å². The summed E-state index contributed by atoms with van der Waals surface area (Å²) in [7, 11) is -2.99. The van der Waals surface area contributed by atoms with Gasteiger partial charge in [-0.3, -0.25) is 14.8 Å². The number of pyridine rings is 1. The van der Waals surface area contributed by atoms with E-state index in [2.05, 4.69) is 14.8 Å². The predicted molar refractivity (Wildman–Crippen MR) is 90.0 cm³/mol. The molecule has 0 bridgehead atoms. The van der Waals surface area contributed by atoms with Crippen LogP contribution in [0.5, 0.6) is 0 Å². The molecule has 2 fully saturated rings. The topological polar surface area (TPSA) is 66.7 Å². The zero-order chi connectivity index (χ0) is 16.6. The van der Waals surface area contributed by atoms with Crippen LogP contribution in [0, 0.1) is 0 Å². The van der Waals surface area contributed by atoms with E-state index in [0.717, 1.165) is 25.4 Å². The zero-order valence-electron chi connectivity index (χ0n) is 13.4. The first-order chi connectivity index (χ1) is 11.6. The molecule has 7 heteroatoms. The van der Waals surface area contributed by atoms with Crippen LogP contribution in [0.25, 0.3) is 0 Å². The maximum Gasteiger partial charge on any atom is 0.153 e. The molecule has 24 heavy (non-hydrogen) atoms. The average molecular weight is 347 g/mol. The van der Waals surface area contributed by atoms with Crippen molar-refractivity contribution >= 4 is 9.84 Å². The van der Waals surface area contributed by atoms with Crippen molar-refractivity contribution in [2.45, 2.75) is 25.2 Å². The van der Waals surface area contributed by atoms with Crippen LogP contribution in [0.2, 0.25) is 0 Å². The number of fused-ring (bicyclic) bond motifs is 1. The van der Waals surface area contributed by atoms with Crippen molar-refractivity contribution in [1.82, 2.24) is 14.8 Å². The van der Waals surface area contributed by atoms with E-state index in [-0.39, 0.29) is 23.6 Å². The first-order valence-electron chi connectivity index (χ1n) is 8.20. The quantitative estimate of drug-likeness (QED) is 0.827. The number of hydrogen-bond donors (Lipinski definition) is 0. The molecule has 2 atom stereocenters. The molecule has 0 spiro atoms. The van der Waals surface area contributed by atoms with Gasteiger partial charge < -0.3 is 4.42 Å². The van der Waals surface area contributed by atoms with Crippen molar-refractivity contribution in [2.24, 2.45) is 0 Å². The highest BCUT2D eigenvalue weighted by molar-refractivity contribution is 7.91. The van der Waals surface area contributed by atoms with E-state index in [4.69, 9.17) is 4.42 Å². The summed E-state index contributed by atoms with van der Waals surface area (Å²) in [4.78, 5) is 8.62. The van der Waals surface area contributed by atoms with E-state index in [0.29, 0.717) is 6.54 Å². The van der Waals surface area contributed by atoms with E-state index < -0.39 is 9.84 Å². The first kappa shape index (κ1) is 15.8. The highest BCUT2D eigenvalue weighted by Gasteiger charge is 2.46. The van der Waals surface area contributed by atoms with Crippen LogP contribution in [-0.4, -0.2) is 59.9 Å². The van der Waals surface area contributed by atoms with Gasteiger partial charge in [-0.2, -0.15) is 0 Å². The van der Waals surface area contributed by atoms with Crippen molar-refractivity contribution in [3.63, 3.8) is 0 Å². The van der Waals surface area contributed by atoms with Crippen molar-refractivity contribution in [3.8, 4) is 0 Å². The Hall–Kier alpha value is -1.70. The van der Waals surface area contributed by atoms with E-state index >= 15 is 0 Å². The van der Waals surface area contributed by atoms with Gasteiger partial charge in [0.1, 0.15) is 5.76 Å². The maximum absolute atomic E-state index is 12.3. The lowest BCUT2D eigenvalue weighted by Gasteiger charge is -2.43. The molecule has 2 aliphatic heterocycles. The largest absolute Gasteiger partial charge is 0.468 e. The first-order valence-corrected chi connectivity index (χ1v) is 10.0. The lowest BCUT2D eigenvalue weighted by molar-refractivity contribution is 0.0317. The molecular weight excluding hydrogens is 326 g/mol. The second-order valence-electron chi connectivity index (χ2n) is 6.59. The predicted octanol–water partition coefficient (Wildman–Crippen LogP) is 1.16. The van der Waals surface area contributed by atoms with E-state index in [9.17, 15) is 8.42 Å². The molecule has 6 nitrogen and oxygen atoms in total. The molecule has 0 N–H and O–H groups in total. The SMILES string of the molecule is O=S1(=O)CC2C(C1)N(Cc1ccco1)CCN2Cc1ccncc1. The molecule has 4 rings (SSSR count). The Balaban J connectivity index is 1.53. The van der Waals surface area contributed by atoms with Crippen LogP contribution >= 0.6 is 0 Å². The third-order valence-electron chi connectivity index (χ3n) is 4.98. The summed E-state index contributed by atoms with van der Waals surface area (Å²) in [5.41, 5.74) is 1.17. The van der Waals surface area contributed by atoms with Gasteiger partial charge in [-0.15, -0.1) is 0 Å². The third-order valence-corrected chi connectivity index (χ3v) is 6.68. The van der Waals surface area contributed by atoms with E-state index in [1.54, 1.807) is 18.7 Å². The molecule has 2 aliphatic rings. The molecule has 2 aromatic heterocycles. The van der Waals surface area contributed by atoms with Crippen LogP contribution in [-0.2, 0) is 22.9 Å². The third kappa shape index (κ3) is 3.24. The smallest absolute Gasteiger partial charge is 0.153 e. The summed E-state index contributed by atoms with van der Waals surface area (Å²) in [5.74, 6) is 1.38. The highest BCUT2D eigenvalue weighted by atomic mass is 32.2. The minimum atomic E-state index is -2.99. The minimum absolute atomic E-state index is 0.0377. The van der Waals surface area contributed by atoms with Crippen LogP contribution in [0.15, 0.2) is 47.3 Å². The van der Waals surface area contributed by atoms with Crippen molar-refractivity contribution in [2.75, 3.05) is 24.6 Å². The van der Waals surface area contributed by atoms with Gasteiger partial charge in [-0.1, -0.05) is 0 Å². The summed E-state index contributed by atoms with van der Waals surface area (Å²) < 4.78 is 30.0. The minimum Gasteiger partial charge on any atom is -0.468 e. The molecule has 0 amide bonds. The fourth-order valence-corrected chi connectivity index (χ4v) is 5.86. The van der Waals surface area contributed by atoms with Gasteiger partial charge in [0, 0.05) is 44.1 Å². The fourth-order valence-electron chi connectivity index (χ4n) is 3.81. The number of rotatable bonds is 4. The molecular formula is C17H21N3O3S. The van der Waals surface area contributed by atoms with E-state index in [1.165, 1.54) is 5.56 Å². The molecule has 0 aromatic carbocycles. The number of hydrogen-bond acceptors (Lipinski definition) is 6. The molecule has 0 aliphatic carbocycles. The Kier molecular flexibility index (Phi) is 4.15. The van der Waals surface area contributed by atoms with Gasteiger partial charge >= 0.3 is 0 Å². The number of aromatic nitrogens is 1.